The lowest BCUT2D eigenvalue weighted by Crippen LogP contribution is -1.96. The minimum Gasteiger partial charge on any atom is -0.380 e. The number of rotatable bonds is 4. The Morgan fingerprint density at radius 3 is 2.40 bits per heavy atom. The molecule has 0 spiro atoms. The van der Waals surface area contributed by atoms with Crippen LogP contribution in [0.3, 0.4) is 0 Å². The lowest BCUT2D eigenvalue weighted by atomic mass is 10.3. The molecule has 0 fully saturated rings. The fourth-order valence-electron chi connectivity index (χ4n) is 1.45. The van der Waals surface area contributed by atoms with Crippen LogP contribution in [0.2, 0.25) is 0 Å². The Morgan fingerprint density at radius 1 is 1.00 bits per heavy atom. The number of para-hydroxylation sites is 1. The van der Waals surface area contributed by atoms with Gasteiger partial charge in [0.25, 0.3) is 0 Å². The van der Waals surface area contributed by atoms with Gasteiger partial charge in [0.05, 0.1) is 0 Å². The lowest BCUT2D eigenvalue weighted by molar-refractivity contribution is 1.19. The Kier molecular flexibility index (Phi) is 3.41. The summed E-state index contributed by atoms with van der Waals surface area (Å²) >= 11 is 1.89. The SMILES string of the molecule is CCc1ccc(CNc2ccccc2)s1. The van der Waals surface area contributed by atoms with Crippen LogP contribution in [0.5, 0.6) is 0 Å². The molecule has 78 valence electrons. The van der Waals surface area contributed by atoms with Crippen LogP contribution in [0, 0.1) is 0 Å². The van der Waals surface area contributed by atoms with Crippen molar-refractivity contribution >= 4 is 17.0 Å². The van der Waals surface area contributed by atoms with Gasteiger partial charge in [0, 0.05) is 22.0 Å². The summed E-state index contributed by atoms with van der Waals surface area (Å²) < 4.78 is 0. The molecule has 0 atom stereocenters. The number of aryl methyl sites for hydroxylation is 1. The Morgan fingerprint density at radius 2 is 1.73 bits per heavy atom. The van der Waals surface area contributed by atoms with Gasteiger partial charge in [0.15, 0.2) is 0 Å². The van der Waals surface area contributed by atoms with E-state index < -0.39 is 0 Å². The van der Waals surface area contributed by atoms with Crippen LogP contribution in [-0.4, -0.2) is 0 Å². The number of anilines is 1. The average molecular weight is 217 g/mol. The molecule has 1 heterocycles. The molecular formula is C13H15NS. The Labute approximate surface area is 94.8 Å². The Balaban J connectivity index is 1.93. The van der Waals surface area contributed by atoms with E-state index in [0.29, 0.717) is 0 Å². The monoisotopic (exact) mass is 217 g/mol. The number of nitrogens with one attached hydrogen (secondary N) is 1. The number of thiophene rings is 1. The molecule has 0 radical (unpaired) electrons. The second-order valence-electron chi connectivity index (χ2n) is 3.44. The summed E-state index contributed by atoms with van der Waals surface area (Å²) in [4.78, 5) is 2.86. The fraction of sp³-hybridized carbons (Fsp3) is 0.231. The van der Waals surface area contributed by atoms with Gasteiger partial charge in [-0.15, -0.1) is 11.3 Å². The van der Waals surface area contributed by atoms with Crippen molar-refractivity contribution in [1.82, 2.24) is 0 Å². The van der Waals surface area contributed by atoms with E-state index in [1.54, 1.807) is 0 Å². The highest BCUT2D eigenvalue weighted by molar-refractivity contribution is 7.12. The topological polar surface area (TPSA) is 12.0 Å². The molecule has 0 aliphatic heterocycles. The molecule has 1 nitrogen and oxygen atoms in total. The largest absolute Gasteiger partial charge is 0.380 e. The molecule has 1 N–H and O–H groups in total. The van der Waals surface area contributed by atoms with Gasteiger partial charge in [0.2, 0.25) is 0 Å². The van der Waals surface area contributed by atoms with Crippen molar-refractivity contribution in [3.05, 3.63) is 52.2 Å². The predicted octanol–water partition coefficient (Wildman–Crippen LogP) is 3.92. The number of hydrogen-bond donors (Lipinski definition) is 1. The van der Waals surface area contributed by atoms with Crippen LogP contribution in [-0.2, 0) is 13.0 Å². The van der Waals surface area contributed by atoms with E-state index in [-0.39, 0.29) is 0 Å². The number of hydrogen-bond acceptors (Lipinski definition) is 2. The van der Waals surface area contributed by atoms with Crippen molar-refractivity contribution in [2.45, 2.75) is 19.9 Å². The van der Waals surface area contributed by atoms with Crippen LogP contribution in [0.15, 0.2) is 42.5 Å². The molecule has 0 amide bonds. The van der Waals surface area contributed by atoms with Gasteiger partial charge in [-0.2, -0.15) is 0 Å². The van der Waals surface area contributed by atoms with E-state index in [2.05, 4.69) is 36.5 Å². The second-order valence-corrected chi connectivity index (χ2v) is 4.69. The minimum absolute atomic E-state index is 0.925. The molecule has 0 saturated carbocycles. The van der Waals surface area contributed by atoms with Crippen molar-refractivity contribution in [2.24, 2.45) is 0 Å². The second kappa shape index (κ2) is 4.99. The van der Waals surface area contributed by atoms with Crippen molar-refractivity contribution in [1.29, 1.82) is 0 Å². The quantitative estimate of drug-likeness (QED) is 0.818. The highest BCUT2D eigenvalue weighted by Crippen LogP contribution is 2.18. The summed E-state index contributed by atoms with van der Waals surface area (Å²) in [5.41, 5.74) is 1.18. The van der Waals surface area contributed by atoms with Crippen molar-refractivity contribution in [3.63, 3.8) is 0 Å². The van der Waals surface area contributed by atoms with Gasteiger partial charge in [-0.3, -0.25) is 0 Å². The first kappa shape index (κ1) is 10.2. The maximum Gasteiger partial charge on any atom is 0.0494 e. The Bertz CT molecular complexity index is 405. The summed E-state index contributed by atoms with van der Waals surface area (Å²) in [5.74, 6) is 0. The molecular weight excluding hydrogens is 202 g/mol. The van der Waals surface area contributed by atoms with Gasteiger partial charge >= 0.3 is 0 Å². The zero-order chi connectivity index (χ0) is 10.5. The van der Waals surface area contributed by atoms with E-state index in [9.17, 15) is 0 Å². The molecule has 0 aliphatic rings. The van der Waals surface area contributed by atoms with E-state index in [1.807, 2.05) is 29.5 Å². The maximum absolute atomic E-state index is 3.41. The van der Waals surface area contributed by atoms with Crippen LogP contribution in [0.25, 0.3) is 0 Å². The minimum atomic E-state index is 0.925. The van der Waals surface area contributed by atoms with Gasteiger partial charge in [-0.05, 0) is 30.7 Å². The summed E-state index contributed by atoms with van der Waals surface area (Å²) in [7, 11) is 0. The molecule has 2 heteroatoms. The molecule has 15 heavy (non-hydrogen) atoms. The molecule has 0 unspecified atom stereocenters. The van der Waals surface area contributed by atoms with E-state index in [4.69, 9.17) is 0 Å². The summed E-state index contributed by atoms with van der Waals surface area (Å²) in [5, 5.41) is 3.41. The molecule has 2 rings (SSSR count). The predicted molar refractivity (Wildman–Crippen MR) is 67.5 cm³/mol. The molecule has 1 aromatic carbocycles. The van der Waals surface area contributed by atoms with Crippen LogP contribution < -0.4 is 5.32 Å². The van der Waals surface area contributed by atoms with Crippen LogP contribution in [0.4, 0.5) is 5.69 Å². The molecule has 2 aromatic rings. The Hall–Kier alpha value is -1.28. The standard InChI is InChI=1S/C13H15NS/c1-2-12-8-9-13(15-12)10-14-11-6-4-3-5-7-11/h3-9,14H,2,10H2,1H3. The molecule has 1 aromatic heterocycles. The molecule has 0 bridgehead atoms. The van der Waals surface area contributed by atoms with E-state index in [0.717, 1.165) is 13.0 Å². The zero-order valence-electron chi connectivity index (χ0n) is 8.86. The smallest absolute Gasteiger partial charge is 0.0494 e. The summed E-state index contributed by atoms with van der Waals surface area (Å²) in [6.45, 7) is 3.12. The van der Waals surface area contributed by atoms with Crippen molar-refractivity contribution in [3.8, 4) is 0 Å². The third-order valence-corrected chi connectivity index (χ3v) is 3.54. The highest BCUT2D eigenvalue weighted by atomic mass is 32.1. The normalized spacial score (nSPS) is 10.2. The molecule has 0 saturated heterocycles. The number of benzene rings is 1. The van der Waals surface area contributed by atoms with Gasteiger partial charge in [-0.1, -0.05) is 25.1 Å². The molecule has 0 aliphatic carbocycles. The summed E-state index contributed by atoms with van der Waals surface area (Å²) in [6.07, 6.45) is 1.13. The third kappa shape index (κ3) is 2.83. The maximum atomic E-state index is 3.41. The first-order valence-corrected chi connectivity index (χ1v) is 6.06. The highest BCUT2D eigenvalue weighted by Gasteiger charge is 1.97. The lowest BCUT2D eigenvalue weighted by Gasteiger charge is -2.03. The van der Waals surface area contributed by atoms with E-state index in [1.165, 1.54) is 15.4 Å². The first-order chi connectivity index (χ1) is 7.38. The first-order valence-electron chi connectivity index (χ1n) is 5.25. The summed E-state index contributed by atoms with van der Waals surface area (Å²) in [6, 6.07) is 14.7. The third-order valence-electron chi connectivity index (χ3n) is 2.31. The van der Waals surface area contributed by atoms with Crippen LogP contribution in [0.1, 0.15) is 16.7 Å². The average Bonchev–Trinajstić information content (AvgIpc) is 2.76. The fourth-order valence-corrected chi connectivity index (χ4v) is 2.35. The van der Waals surface area contributed by atoms with Gasteiger partial charge in [0.1, 0.15) is 0 Å². The zero-order valence-corrected chi connectivity index (χ0v) is 9.68. The van der Waals surface area contributed by atoms with Gasteiger partial charge in [-0.25, -0.2) is 0 Å². The van der Waals surface area contributed by atoms with Gasteiger partial charge < -0.3 is 5.32 Å². The van der Waals surface area contributed by atoms with Crippen molar-refractivity contribution in [2.75, 3.05) is 5.32 Å². The van der Waals surface area contributed by atoms with E-state index >= 15 is 0 Å². The van der Waals surface area contributed by atoms with Crippen LogP contribution >= 0.6 is 11.3 Å². The van der Waals surface area contributed by atoms with Crippen molar-refractivity contribution < 1.29 is 0 Å².